The molecule has 0 aliphatic heterocycles. The van der Waals surface area contributed by atoms with Crippen LogP contribution in [0.3, 0.4) is 0 Å². The SMILES string of the molecule is CCOC(=O)[C@H](C)Oc1ccc(-n2c(C)cc(C=Nn3c(-c4cccc(C(F)(F)F)c4)nc4ccccc4c3=O)c2C)cc1. The van der Waals surface area contributed by atoms with Crippen LogP contribution in [0, 0.1) is 13.8 Å². The number of hydrogen-bond acceptors (Lipinski definition) is 6. The molecule has 0 saturated carbocycles. The highest BCUT2D eigenvalue weighted by Gasteiger charge is 2.31. The van der Waals surface area contributed by atoms with Crippen molar-refractivity contribution < 1.29 is 27.4 Å². The van der Waals surface area contributed by atoms with Gasteiger partial charge in [-0.15, -0.1) is 0 Å². The van der Waals surface area contributed by atoms with Crippen LogP contribution in [0.15, 0.2) is 88.8 Å². The lowest BCUT2D eigenvalue weighted by Crippen LogP contribution is -2.26. The lowest BCUT2D eigenvalue weighted by molar-refractivity contribution is -0.150. The molecule has 226 valence electrons. The summed E-state index contributed by atoms with van der Waals surface area (Å²) in [6.45, 7) is 7.41. The first-order valence-corrected chi connectivity index (χ1v) is 13.8. The number of esters is 1. The van der Waals surface area contributed by atoms with Crippen molar-refractivity contribution in [1.82, 2.24) is 14.2 Å². The summed E-state index contributed by atoms with van der Waals surface area (Å²) in [5.41, 5.74) is 2.27. The smallest absolute Gasteiger partial charge is 0.416 e. The summed E-state index contributed by atoms with van der Waals surface area (Å²) >= 11 is 0. The van der Waals surface area contributed by atoms with E-state index in [0.717, 1.165) is 33.9 Å². The maximum absolute atomic E-state index is 13.5. The molecule has 0 aliphatic carbocycles. The van der Waals surface area contributed by atoms with Crippen LogP contribution in [-0.2, 0) is 15.7 Å². The van der Waals surface area contributed by atoms with Crippen molar-refractivity contribution >= 4 is 23.1 Å². The first kappa shape index (κ1) is 30.3. The second-order valence-corrected chi connectivity index (χ2v) is 10.1. The Morgan fingerprint density at radius 2 is 1.75 bits per heavy atom. The number of hydrogen-bond donors (Lipinski definition) is 0. The Hall–Kier alpha value is -5.19. The molecule has 0 N–H and O–H groups in total. The van der Waals surface area contributed by atoms with Crippen LogP contribution in [0.1, 0.15) is 36.4 Å². The number of ether oxygens (including phenoxy) is 2. The normalized spacial score (nSPS) is 12.5. The third kappa shape index (κ3) is 6.12. The summed E-state index contributed by atoms with van der Waals surface area (Å²) in [6.07, 6.45) is -3.83. The molecule has 2 aromatic heterocycles. The molecule has 11 heteroatoms. The van der Waals surface area contributed by atoms with Crippen LogP contribution < -0.4 is 10.3 Å². The zero-order valence-corrected chi connectivity index (χ0v) is 24.4. The van der Waals surface area contributed by atoms with E-state index in [4.69, 9.17) is 9.47 Å². The van der Waals surface area contributed by atoms with Gasteiger partial charge in [-0.2, -0.15) is 22.9 Å². The fourth-order valence-corrected chi connectivity index (χ4v) is 4.87. The summed E-state index contributed by atoms with van der Waals surface area (Å²) in [5.74, 6) is 0.0379. The van der Waals surface area contributed by atoms with Crippen molar-refractivity contribution in [3.8, 4) is 22.8 Å². The Morgan fingerprint density at radius 3 is 2.45 bits per heavy atom. The molecule has 0 spiro atoms. The lowest BCUT2D eigenvalue weighted by atomic mass is 10.1. The molecule has 0 amide bonds. The molecule has 44 heavy (non-hydrogen) atoms. The number of nitrogens with zero attached hydrogens (tertiary/aromatic N) is 4. The first-order chi connectivity index (χ1) is 21.0. The van der Waals surface area contributed by atoms with E-state index in [-0.39, 0.29) is 23.4 Å². The van der Waals surface area contributed by atoms with Gasteiger partial charge in [0.15, 0.2) is 11.9 Å². The second kappa shape index (κ2) is 12.2. The predicted octanol–water partition coefficient (Wildman–Crippen LogP) is 6.70. The van der Waals surface area contributed by atoms with Crippen molar-refractivity contribution in [2.75, 3.05) is 6.61 Å². The molecule has 2 heterocycles. The van der Waals surface area contributed by atoms with Crippen LogP contribution in [0.2, 0.25) is 0 Å². The minimum absolute atomic E-state index is 0.0162. The fraction of sp³-hybridized carbons (Fsp3) is 0.212. The van der Waals surface area contributed by atoms with Gasteiger partial charge >= 0.3 is 12.1 Å². The van der Waals surface area contributed by atoms with Gasteiger partial charge in [0.2, 0.25) is 0 Å². The van der Waals surface area contributed by atoms with Crippen LogP contribution in [0.25, 0.3) is 28.0 Å². The largest absolute Gasteiger partial charge is 0.479 e. The van der Waals surface area contributed by atoms with Gasteiger partial charge < -0.3 is 14.0 Å². The molecule has 0 saturated heterocycles. The molecule has 5 rings (SSSR count). The van der Waals surface area contributed by atoms with Gasteiger partial charge in [0.05, 0.1) is 29.3 Å². The summed E-state index contributed by atoms with van der Waals surface area (Å²) in [6, 6.07) is 20.3. The maximum Gasteiger partial charge on any atom is 0.416 e. The summed E-state index contributed by atoms with van der Waals surface area (Å²) in [5, 5.41) is 4.72. The molecule has 1 atom stereocenters. The Bertz CT molecular complexity index is 1920. The van der Waals surface area contributed by atoms with Crippen molar-refractivity contribution in [1.29, 1.82) is 0 Å². The number of benzene rings is 3. The van der Waals surface area contributed by atoms with E-state index in [1.165, 1.54) is 18.3 Å². The highest BCUT2D eigenvalue weighted by Crippen LogP contribution is 2.32. The van der Waals surface area contributed by atoms with Crippen molar-refractivity contribution in [3.05, 3.63) is 112 Å². The Morgan fingerprint density at radius 1 is 1.02 bits per heavy atom. The van der Waals surface area contributed by atoms with Crippen molar-refractivity contribution in [2.45, 2.75) is 40.0 Å². The topological polar surface area (TPSA) is 87.7 Å². The minimum Gasteiger partial charge on any atom is -0.479 e. The Kier molecular flexibility index (Phi) is 8.39. The third-order valence-electron chi connectivity index (χ3n) is 7.01. The number of carbonyl (C=O) groups is 1. The predicted molar refractivity (Wildman–Crippen MR) is 161 cm³/mol. The van der Waals surface area contributed by atoms with Crippen LogP contribution in [0.4, 0.5) is 13.2 Å². The van der Waals surface area contributed by atoms with Gasteiger partial charge in [-0.05, 0) is 82.3 Å². The summed E-state index contributed by atoms with van der Waals surface area (Å²) in [4.78, 5) is 30.0. The second-order valence-electron chi connectivity index (χ2n) is 10.1. The molecule has 8 nitrogen and oxygen atoms in total. The molecular formula is C33H29F3N4O4. The number of alkyl halides is 3. The van der Waals surface area contributed by atoms with Gasteiger partial charge in [0.25, 0.3) is 5.56 Å². The number of carbonyl (C=O) groups excluding carboxylic acids is 1. The third-order valence-corrected chi connectivity index (χ3v) is 7.01. The molecule has 0 bridgehead atoms. The lowest BCUT2D eigenvalue weighted by Gasteiger charge is -2.15. The number of halogens is 3. The van der Waals surface area contributed by atoms with E-state index in [1.807, 2.05) is 36.6 Å². The standard InChI is InChI=1S/C33H29F3N4O4/c1-5-43-32(42)22(4)44-27-15-13-26(14-16-27)39-20(2)17-24(21(39)3)19-37-40-30(23-9-8-10-25(18-23)33(34,35)36)38-29-12-7-6-11-28(29)31(40)41/h6-19,22H,5H2,1-4H3/t22-/m0/s1. The van der Waals surface area contributed by atoms with Crippen LogP contribution >= 0.6 is 0 Å². The molecule has 0 aliphatic rings. The fourth-order valence-electron chi connectivity index (χ4n) is 4.87. The summed E-state index contributed by atoms with van der Waals surface area (Å²) in [7, 11) is 0. The highest BCUT2D eigenvalue weighted by molar-refractivity contribution is 5.83. The maximum atomic E-state index is 13.5. The number of para-hydroxylation sites is 1. The van der Waals surface area contributed by atoms with E-state index in [2.05, 4.69) is 10.1 Å². The van der Waals surface area contributed by atoms with Gasteiger partial charge in [0, 0.05) is 28.2 Å². The van der Waals surface area contributed by atoms with E-state index in [9.17, 15) is 22.8 Å². The van der Waals surface area contributed by atoms with Crippen LogP contribution in [0.5, 0.6) is 5.75 Å². The number of fused-ring (bicyclic) bond motifs is 1. The Labute approximate surface area is 251 Å². The number of rotatable bonds is 8. The van der Waals surface area contributed by atoms with Gasteiger partial charge in [-0.25, -0.2) is 9.78 Å². The molecule has 3 aromatic carbocycles. The van der Waals surface area contributed by atoms with E-state index < -0.39 is 29.4 Å². The monoisotopic (exact) mass is 602 g/mol. The summed E-state index contributed by atoms with van der Waals surface area (Å²) < 4.78 is 54.2. The number of aryl methyl sites for hydroxylation is 1. The molecule has 0 unspecified atom stereocenters. The van der Waals surface area contributed by atoms with Gasteiger partial charge in [-0.1, -0.05) is 24.3 Å². The minimum atomic E-state index is -4.57. The molecule has 5 aromatic rings. The van der Waals surface area contributed by atoms with E-state index in [0.29, 0.717) is 16.8 Å². The average Bonchev–Trinajstić information content (AvgIpc) is 3.29. The molecule has 0 fully saturated rings. The zero-order chi connectivity index (χ0) is 31.6. The first-order valence-electron chi connectivity index (χ1n) is 13.8. The van der Waals surface area contributed by atoms with Gasteiger partial charge in [0.1, 0.15) is 5.75 Å². The number of aromatic nitrogens is 3. The van der Waals surface area contributed by atoms with Crippen molar-refractivity contribution in [3.63, 3.8) is 0 Å². The van der Waals surface area contributed by atoms with E-state index in [1.54, 1.807) is 50.2 Å². The van der Waals surface area contributed by atoms with Crippen LogP contribution in [-0.4, -0.2) is 39.1 Å². The zero-order valence-electron chi connectivity index (χ0n) is 24.4. The van der Waals surface area contributed by atoms with E-state index >= 15 is 0 Å². The van der Waals surface area contributed by atoms with Gasteiger partial charge in [-0.3, -0.25) is 4.79 Å². The Balaban J connectivity index is 1.51. The molecule has 0 radical (unpaired) electrons. The highest BCUT2D eigenvalue weighted by atomic mass is 19.4. The quantitative estimate of drug-likeness (QED) is 0.146. The van der Waals surface area contributed by atoms with Crippen molar-refractivity contribution in [2.24, 2.45) is 5.10 Å². The molecular weight excluding hydrogens is 573 g/mol. The average molecular weight is 603 g/mol.